The third kappa shape index (κ3) is 4.51. The van der Waals surface area contributed by atoms with Crippen LogP contribution in [0.25, 0.3) is 10.4 Å². The number of anilines is 1. The average molecular weight is 388 g/mol. The molecule has 2 N–H and O–H groups in total. The highest BCUT2D eigenvalue weighted by molar-refractivity contribution is 7.18. The van der Waals surface area contributed by atoms with E-state index in [0.717, 1.165) is 31.1 Å². The first-order valence-corrected chi connectivity index (χ1v) is 10.6. The van der Waals surface area contributed by atoms with Gasteiger partial charge in [0.05, 0.1) is 10.5 Å². The molecule has 0 spiro atoms. The molecule has 1 saturated heterocycles. The van der Waals surface area contributed by atoms with Crippen molar-refractivity contribution < 1.29 is 9.84 Å². The highest BCUT2D eigenvalue weighted by Crippen LogP contribution is 2.41. The monoisotopic (exact) mass is 387 g/mol. The van der Waals surface area contributed by atoms with E-state index in [-0.39, 0.29) is 5.60 Å². The number of nitrogens with one attached hydrogen (secondary N) is 1. The summed E-state index contributed by atoms with van der Waals surface area (Å²) < 4.78 is 5.71. The van der Waals surface area contributed by atoms with Crippen LogP contribution >= 0.6 is 11.3 Å². The molecule has 1 aromatic carbocycles. The Bertz CT molecular complexity index is 744. The zero-order chi connectivity index (χ0) is 19.0. The van der Waals surface area contributed by atoms with Crippen molar-refractivity contribution in [2.75, 3.05) is 18.4 Å². The quantitative estimate of drug-likeness (QED) is 0.759. The fourth-order valence-corrected chi connectivity index (χ4v) is 5.18. The van der Waals surface area contributed by atoms with Gasteiger partial charge in [-0.2, -0.15) is 0 Å². The summed E-state index contributed by atoms with van der Waals surface area (Å²) in [5.74, 6) is 1.24. The molecule has 4 atom stereocenters. The molecule has 0 radical (unpaired) electrons. The minimum absolute atomic E-state index is 0.331. The Kier molecular flexibility index (Phi) is 5.25. The van der Waals surface area contributed by atoms with Gasteiger partial charge in [-0.3, -0.25) is 4.90 Å². The summed E-state index contributed by atoms with van der Waals surface area (Å²) in [6.45, 7) is 7.75. The maximum absolute atomic E-state index is 10.3. The normalized spacial score (nSPS) is 26.9. The Labute approximate surface area is 165 Å². The molecule has 6 heteroatoms. The van der Waals surface area contributed by atoms with Crippen molar-refractivity contribution in [2.24, 2.45) is 11.8 Å². The number of fused-ring (bicyclic) bond motifs is 1. The van der Waals surface area contributed by atoms with E-state index in [0.29, 0.717) is 17.9 Å². The van der Waals surface area contributed by atoms with Crippen LogP contribution in [-0.4, -0.2) is 46.1 Å². The second-order valence-electron chi connectivity index (χ2n) is 8.74. The Morgan fingerprint density at radius 3 is 2.48 bits per heavy atom. The molecule has 1 aliphatic heterocycles. The van der Waals surface area contributed by atoms with Gasteiger partial charge in [0, 0.05) is 25.3 Å². The summed E-state index contributed by atoms with van der Waals surface area (Å²) >= 11 is 1.72. The number of thiazole rings is 1. The zero-order valence-electron chi connectivity index (χ0n) is 16.3. The molecule has 2 aliphatic rings. The van der Waals surface area contributed by atoms with Gasteiger partial charge in [0.25, 0.3) is 0 Å². The number of benzene rings is 1. The van der Waals surface area contributed by atoms with Crippen LogP contribution in [0, 0.1) is 11.8 Å². The Morgan fingerprint density at radius 2 is 1.85 bits per heavy atom. The summed E-state index contributed by atoms with van der Waals surface area (Å²) in [7, 11) is 0. The van der Waals surface area contributed by atoms with Crippen molar-refractivity contribution >= 4 is 16.5 Å². The minimum Gasteiger partial charge on any atom is -0.359 e. The lowest BCUT2D eigenvalue weighted by Crippen LogP contribution is -2.41. The second-order valence-corrected chi connectivity index (χ2v) is 9.77. The number of hydrogen-bond acceptors (Lipinski definition) is 6. The first kappa shape index (κ1) is 18.9. The van der Waals surface area contributed by atoms with E-state index in [4.69, 9.17) is 4.74 Å². The second kappa shape index (κ2) is 7.51. The molecule has 1 saturated carbocycles. The van der Waals surface area contributed by atoms with Crippen molar-refractivity contribution in [1.82, 2.24) is 9.88 Å². The first-order chi connectivity index (χ1) is 12.9. The van der Waals surface area contributed by atoms with Gasteiger partial charge in [-0.25, -0.2) is 4.98 Å². The zero-order valence-corrected chi connectivity index (χ0v) is 17.1. The fraction of sp³-hybridized carbons (Fsp3) is 0.571. The van der Waals surface area contributed by atoms with E-state index in [9.17, 15) is 5.11 Å². The third-order valence-corrected chi connectivity index (χ3v) is 6.42. The smallest absolute Gasteiger partial charge is 0.216 e. The van der Waals surface area contributed by atoms with E-state index < -0.39 is 6.41 Å². The van der Waals surface area contributed by atoms with Crippen LogP contribution in [0.1, 0.15) is 33.6 Å². The lowest BCUT2D eigenvalue weighted by Gasteiger charge is -2.30. The molecule has 0 bridgehead atoms. The largest absolute Gasteiger partial charge is 0.359 e. The summed E-state index contributed by atoms with van der Waals surface area (Å²) in [6, 6.07) is 10.9. The van der Waals surface area contributed by atoms with Gasteiger partial charge in [-0.1, -0.05) is 41.7 Å². The molecule has 1 unspecified atom stereocenters. The molecule has 2 aromatic rings. The van der Waals surface area contributed by atoms with E-state index in [1.807, 2.05) is 33.0 Å². The maximum atomic E-state index is 10.3. The molecule has 1 aliphatic carbocycles. The number of rotatable bonds is 5. The van der Waals surface area contributed by atoms with Crippen LogP contribution in [0.4, 0.5) is 5.13 Å². The molecule has 27 heavy (non-hydrogen) atoms. The summed E-state index contributed by atoms with van der Waals surface area (Å²) in [5.41, 5.74) is 0.887. The van der Waals surface area contributed by atoms with Gasteiger partial charge in [0.1, 0.15) is 0 Å². The van der Waals surface area contributed by atoms with Gasteiger partial charge < -0.3 is 15.2 Å². The molecule has 5 nitrogen and oxygen atoms in total. The molecule has 4 rings (SSSR count). The van der Waals surface area contributed by atoms with Crippen LogP contribution in [0.2, 0.25) is 0 Å². The highest BCUT2D eigenvalue weighted by atomic mass is 32.1. The summed E-state index contributed by atoms with van der Waals surface area (Å²) in [6.07, 6.45) is 3.42. The van der Waals surface area contributed by atoms with Crippen LogP contribution < -0.4 is 5.32 Å². The Morgan fingerprint density at radius 1 is 1.19 bits per heavy atom. The van der Waals surface area contributed by atoms with E-state index in [1.165, 1.54) is 10.4 Å². The minimum atomic E-state index is -0.797. The predicted octanol–water partition coefficient (Wildman–Crippen LogP) is 4.02. The van der Waals surface area contributed by atoms with Crippen molar-refractivity contribution in [3.63, 3.8) is 0 Å². The molecular weight excluding hydrogens is 358 g/mol. The topological polar surface area (TPSA) is 57.6 Å². The molecule has 146 valence electrons. The average Bonchev–Trinajstić information content (AvgIpc) is 3.29. The lowest BCUT2D eigenvalue weighted by molar-refractivity contribution is -0.235. The molecule has 1 aromatic heterocycles. The van der Waals surface area contributed by atoms with Crippen LogP contribution in [0.5, 0.6) is 0 Å². The van der Waals surface area contributed by atoms with Crippen molar-refractivity contribution in [2.45, 2.75) is 51.7 Å². The predicted molar refractivity (Wildman–Crippen MR) is 110 cm³/mol. The van der Waals surface area contributed by atoms with Crippen LogP contribution in [0.3, 0.4) is 0 Å². The number of likely N-dealkylation sites (tertiary alicyclic amines) is 1. The van der Waals surface area contributed by atoms with Gasteiger partial charge in [-0.15, -0.1) is 0 Å². The Balaban J connectivity index is 1.30. The van der Waals surface area contributed by atoms with Gasteiger partial charge in [0.15, 0.2) is 5.13 Å². The lowest BCUT2D eigenvalue weighted by atomic mass is 10.0. The molecule has 2 fully saturated rings. The summed E-state index contributed by atoms with van der Waals surface area (Å²) in [4.78, 5) is 7.85. The van der Waals surface area contributed by atoms with Crippen LogP contribution in [0.15, 0.2) is 36.5 Å². The first-order valence-electron chi connectivity index (χ1n) is 9.75. The number of aromatic nitrogens is 1. The maximum Gasteiger partial charge on any atom is 0.216 e. The summed E-state index contributed by atoms with van der Waals surface area (Å²) in [5, 5.41) is 15.0. The van der Waals surface area contributed by atoms with Crippen molar-refractivity contribution in [1.29, 1.82) is 0 Å². The number of aliphatic hydroxyl groups excluding tert-OH is 1. The number of hydrogen-bond donors (Lipinski definition) is 2. The highest BCUT2D eigenvalue weighted by Gasteiger charge is 2.43. The number of ether oxygens (including phenoxy) is 1. The molecule has 0 amide bonds. The van der Waals surface area contributed by atoms with Crippen LogP contribution in [-0.2, 0) is 4.74 Å². The third-order valence-electron chi connectivity index (χ3n) is 5.44. The number of nitrogens with zero attached hydrogens (tertiary/aromatic N) is 2. The Hall–Kier alpha value is -1.47. The standard InChI is InChI=1S/C21H29N3O2S/c1-21(2,3)26-20(25)24-12-15-9-17(10-16(15)13-24)23-19-22-11-18(27-19)14-7-5-4-6-8-14/h4-8,11,15-17,20,25H,9-10,12-13H2,1-3H3,(H,22,23)/t15-,16+,17+,20?. The molecular formula is C21H29N3O2S. The van der Waals surface area contributed by atoms with E-state index in [2.05, 4.69) is 39.5 Å². The van der Waals surface area contributed by atoms with Gasteiger partial charge in [-0.05, 0) is 51.0 Å². The van der Waals surface area contributed by atoms with Crippen molar-refractivity contribution in [3.8, 4) is 10.4 Å². The number of aliphatic hydroxyl groups is 1. The molecule has 2 heterocycles. The fourth-order valence-electron chi connectivity index (χ4n) is 4.28. The van der Waals surface area contributed by atoms with E-state index >= 15 is 0 Å². The SMILES string of the molecule is CC(C)(C)OC(O)N1C[C@H]2C[C@H](Nc3ncc(-c4ccccc4)s3)C[C@H]2C1. The van der Waals surface area contributed by atoms with Crippen molar-refractivity contribution in [3.05, 3.63) is 36.5 Å². The van der Waals surface area contributed by atoms with Gasteiger partial charge >= 0.3 is 0 Å². The van der Waals surface area contributed by atoms with Gasteiger partial charge in [0.2, 0.25) is 6.41 Å². The van der Waals surface area contributed by atoms with E-state index in [1.54, 1.807) is 11.3 Å².